The molecular weight excluding hydrogens is 745 g/mol. The summed E-state index contributed by atoms with van der Waals surface area (Å²) >= 11 is 0. The molecule has 9 nitrogen and oxygen atoms in total. The van der Waals surface area contributed by atoms with Crippen molar-refractivity contribution in [2.45, 2.75) is 127 Å². The van der Waals surface area contributed by atoms with Crippen molar-refractivity contribution in [3.63, 3.8) is 0 Å². The van der Waals surface area contributed by atoms with Crippen molar-refractivity contribution in [3.8, 4) is 17.2 Å². The number of hydrogen-bond acceptors (Lipinski definition) is 9. The summed E-state index contributed by atoms with van der Waals surface area (Å²) in [5.74, 6) is -0.749. The van der Waals surface area contributed by atoms with Crippen LogP contribution in [0.3, 0.4) is 0 Å². The van der Waals surface area contributed by atoms with Gasteiger partial charge in [-0.15, -0.1) is 0 Å². The molecule has 0 aliphatic rings. The molecule has 0 saturated carbocycles. The molecule has 0 aliphatic heterocycles. The summed E-state index contributed by atoms with van der Waals surface area (Å²) in [4.78, 5) is 54.6. The number of hydrogen-bond donors (Lipinski definition) is 3. The summed E-state index contributed by atoms with van der Waals surface area (Å²) < 4.78 is 11.8. The van der Waals surface area contributed by atoms with Crippen LogP contribution >= 0.6 is 0 Å². The van der Waals surface area contributed by atoms with Gasteiger partial charge < -0.3 is 24.8 Å². The summed E-state index contributed by atoms with van der Waals surface area (Å²) in [5, 5.41) is 30.8. The zero-order valence-corrected chi connectivity index (χ0v) is 36.4. The van der Waals surface area contributed by atoms with Crippen LogP contribution in [0.1, 0.15) is 111 Å². The number of benzene rings is 4. The van der Waals surface area contributed by atoms with Gasteiger partial charge in [0.1, 0.15) is 42.0 Å². The predicted octanol–water partition coefficient (Wildman–Crippen LogP) is 9.40. The van der Waals surface area contributed by atoms with Gasteiger partial charge in [-0.1, -0.05) is 48.5 Å². The maximum absolute atomic E-state index is 13.9. The normalized spacial score (nSPS) is 11.4. The third-order valence-electron chi connectivity index (χ3n) is 11.5. The van der Waals surface area contributed by atoms with Crippen molar-refractivity contribution >= 4 is 23.5 Å². The van der Waals surface area contributed by atoms with Crippen LogP contribution in [-0.2, 0) is 54.3 Å². The fourth-order valence-corrected chi connectivity index (χ4v) is 7.83. The molecule has 0 fully saturated rings. The lowest BCUT2D eigenvalue weighted by molar-refractivity contribution is -0.158. The van der Waals surface area contributed by atoms with E-state index in [0.717, 1.165) is 33.4 Å². The van der Waals surface area contributed by atoms with Crippen LogP contribution in [0.5, 0.6) is 17.2 Å². The van der Waals surface area contributed by atoms with Crippen LogP contribution in [0.25, 0.3) is 0 Å². The van der Waals surface area contributed by atoms with E-state index in [-0.39, 0.29) is 80.6 Å². The van der Waals surface area contributed by atoms with Gasteiger partial charge in [0.25, 0.3) is 0 Å². The highest BCUT2D eigenvalue weighted by Crippen LogP contribution is 2.33. The molecule has 4 rings (SSSR count). The molecule has 316 valence electrons. The second-order valence-corrected chi connectivity index (χ2v) is 16.8. The van der Waals surface area contributed by atoms with Crippen LogP contribution in [0.4, 0.5) is 0 Å². The van der Waals surface area contributed by atoms with E-state index < -0.39 is 17.4 Å². The van der Waals surface area contributed by atoms with Crippen molar-refractivity contribution in [2.75, 3.05) is 13.2 Å². The second kappa shape index (κ2) is 20.5. The van der Waals surface area contributed by atoms with Crippen molar-refractivity contribution in [1.29, 1.82) is 0 Å². The molecule has 0 spiro atoms. The minimum absolute atomic E-state index is 0.0237. The minimum atomic E-state index is -1.33. The number of Topliss-reactive ketones (excluding diaryl/α,β-unsaturated/α-hetero) is 2. The van der Waals surface area contributed by atoms with Crippen LogP contribution < -0.4 is 0 Å². The summed E-state index contributed by atoms with van der Waals surface area (Å²) in [6.07, 6.45) is 1.62. The second-order valence-electron chi connectivity index (χ2n) is 16.8. The molecule has 0 saturated heterocycles. The molecule has 0 aliphatic carbocycles. The van der Waals surface area contributed by atoms with Crippen LogP contribution in [0, 0.1) is 67.7 Å². The van der Waals surface area contributed by atoms with Crippen molar-refractivity contribution < 1.29 is 44.0 Å². The lowest BCUT2D eigenvalue weighted by Gasteiger charge is -2.32. The van der Waals surface area contributed by atoms with Gasteiger partial charge in [0.2, 0.25) is 0 Å². The van der Waals surface area contributed by atoms with E-state index in [1.54, 1.807) is 41.5 Å². The topological polar surface area (TPSA) is 147 Å². The first-order chi connectivity index (χ1) is 27.7. The molecule has 4 aromatic carbocycles. The van der Waals surface area contributed by atoms with Crippen LogP contribution in [0.15, 0.2) is 48.5 Å². The maximum atomic E-state index is 13.9. The van der Waals surface area contributed by atoms with E-state index in [1.165, 1.54) is 5.56 Å². The molecule has 0 atom stereocenters. The van der Waals surface area contributed by atoms with Crippen LogP contribution in [-0.4, -0.2) is 52.0 Å². The fraction of sp³-hybridized carbons (Fsp3) is 0.440. The molecule has 0 aromatic heterocycles. The molecule has 0 amide bonds. The first-order valence-electron chi connectivity index (χ1n) is 20.5. The lowest BCUT2D eigenvalue weighted by Crippen LogP contribution is -2.39. The highest BCUT2D eigenvalue weighted by molar-refractivity contribution is 5.83. The Morgan fingerprint density at radius 2 is 0.678 bits per heavy atom. The summed E-state index contributed by atoms with van der Waals surface area (Å²) in [6, 6.07) is 15.1. The fourth-order valence-electron chi connectivity index (χ4n) is 7.83. The molecule has 9 heteroatoms. The molecule has 0 heterocycles. The van der Waals surface area contributed by atoms with Gasteiger partial charge in [-0.3, -0.25) is 19.2 Å². The molecule has 59 heavy (non-hydrogen) atoms. The monoisotopic (exact) mass is 806 g/mol. The van der Waals surface area contributed by atoms with Gasteiger partial charge in [0, 0.05) is 38.5 Å². The average molecular weight is 807 g/mol. The lowest BCUT2D eigenvalue weighted by atomic mass is 9.78. The Hall–Kier alpha value is -5.44. The Balaban J connectivity index is 1.58. The highest BCUT2D eigenvalue weighted by Gasteiger charge is 2.38. The Labute approximate surface area is 349 Å². The Bertz CT molecular complexity index is 1950. The standard InChI is InChI=1S/C50H62O9/c1-30-18-41(19-31(2)38(30)9)12-16-45(53)58-28-50(26-43(51)14-10-39-20-32(3)47(55)33(4)21-39,27-44(52)15-11-40-22-34(5)48(56)35(6)23-40)29-59-46(54)17-13-42-24-36(7)49(57)37(8)25-42/h18-25,55-57H,10-17,26-29H2,1-9H3. The van der Waals surface area contributed by atoms with Crippen molar-refractivity contribution in [2.24, 2.45) is 5.41 Å². The van der Waals surface area contributed by atoms with Gasteiger partial charge in [0.15, 0.2) is 0 Å². The molecule has 4 aromatic rings. The van der Waals surface area contributed by atoms with E-state index >= 15 is 0 Å². The third-order valence-corrected chi connectivity index (χ3v) is 11.5. The summed E-state index contributed by atoms with van der Waals surface area (Å²) in [5.41, 5.74) is 10.0. The largest absolute Gasteiger partial charge is 0.507 e. The predicted molar refractivity (Wildman–Crippen MR) is 230 cm³/mol. The van der Waals surface area contributed by atoms with Gasteiger partial charge in [-0.25, -0.2) is 0 Å². The number of phenols is 3. The SMILES string of the molecule is Cc1cc(CCC(=O)OCC(COC(=O)CCc2cc(C)c(O)c(C)c2)(CC(=O)CCc2cc(C)c(O)c(C)c2)CC(=O)CCc2cc(C)c(O)c(C)c2)cc(C)c1C. The van der Waals surface area contributed by atoms with E-state index in [1.807, 2.05) is 50.2 Å². The van der Waals surface area contributed by atoms with Gasteiger partial charge in [0.05, 0.1) is 5.41 Å². The number of carbonyl (C=O) groups excluding carboxylic acids is 4. The average Bonchev–Trinajstić information content (AvgIpc) is 3.18. The zero-order chi connectivity index (χ0) is 43.6. The van der Waals surface area contributed by atoms with E-state index in [9.17, 15) is 34.5 Å². The van der Waals surface area contributed by atoms with Gasteiger partial charge in [-0.05, 0) is 160 Å². The van der Waals surface area contributed by atoms with Gasteiger partial charge in [-0.2, -0.15) is 0 Å². The number of rotatable bonds is 20. The van der Waals surface area contributed by atoms with Gasteiger partial charge >= 0.3 is 11.9 Å². The van der Waals surface area contributed by atoms with Crippen molar-refractivity contribution in [1.82, 2.24) is 0 Å². The molecular formula is C50H62O9. The maximum Gasteiger partial charge on any atom is 0.306 e. The Morgan fingerprint density at radius 1 is 0.424 bits per heavy atom. The quantitative estimate of drug-likeness (QED) is 0.0744. The smallest absolute Gasteiger partial charge is 0.306 e. The molecule has 0 unspecified atom stereocenters. The minimum Gasteiger partial charge on any atom is -0.507 e. The van der Waals surface area contributed by atoms with E-state index in [2.05, 4.69) is 19.1 Å². The van der Waals surface area contributed by atoms with E-state index in [0.29, 0.717) is 59.1 Å². The zero-order valence-electron chi connectivity index (χ0n) is 36.4. The third kappa shape index (κ3) is 13.3. The number of aryl methyl sites for hydroxylation is 12. The van der Waals surface area contributed by atoms with Crippen LogP contribution in [0.2, 0.25) is 0 Å². The summed E-state index contributed by atoms with van der Waals surface area (Å²) in [7, 11) is 0. The summed E-state index contributed by atoms with van der Waals surface area (Å²) in [6.45, 7) is 16.3. The first-order valence-corrected chi connectivity index (χ1v) is 20.5. The number of ketones is 2. The number of phenolic OH excluding ortho intramolecular Hbond substituents is 3. The highest BCUT2D eigenvalue weighted by atomic mass is 16.5. The number of ether oxygens (including phenoxy) is 2. The van der Waals surface area contributed by atoms with Crippen molar-refractivity contribution in [3.05, 3.63) is 121 Å². The first kappa shape index (κ1) is 46.3. The van der Waals surface area contributed by atoms with E-state index in [4.69, 9.17) is 9.47 Å². The number of carbonyl (C=O) groups is 4. The molecule has 3 N–H and O–H groups in total. The molecule has 0 radical (unpaired) electrons. The Kier molecular flexibility index (Phi) is 16.1. The Morgan fingerprint density at radius 3 is 0.966 bits per heavy atom. The molecule has 0 bridgehead atoms. The number of aromatic hydroxyl groups is 3. The number of esters is 2.